The van der Waals surface area contributed by atoms with E-state index >= 15 is 0 Å². The third-order valence-corrected chi connectivity index (χ3v) is 1.77. The highest BCUT2D eigenvalue weighted by Gasteiger charge is 2.06. The average Bonchev–Trinajstić information content (AvgIpc) is 2.08. The molecular formula is C9H11NO2. The number of esters is 1. The van der Waals surface area contributed by atoms with Gasteiger partial charge in [-0.25, -0.2) is 9.78 Å². The van der Waals surface area contributed by atoms with Crippen molar-refractivity contribution in [3.63, 3.8) is 0 Å². The first-order valence-corrected chi connectivity index (χ1v) is 3.66. The minimum Gasteiger partial charge on any atom is -0.464 e. The lowest BCUT2D eigenvalue weighted by atomic mass is 10.1. The minimum atomic E-state index is -0.391. The third kappa shape index (κ3) is 1.61. The second-order valence-corrected chi connectivity index (χ2v) is 2.65. The van der Waals surface area contributed by atoms with Crippen LogP contribution in [-0.2, 0) is 4.74 Å². The molecule has 0 spiro atoms. The van der Waals surface area contributed by atoms with Crippen LogP contribution in [0.5, 0.6) is 0 Å². The SMILES string of the molecule is COC(=O)c1cc(C)c(C)cn1. The number of methoxy groups -OCH3 is 1. The van der Waals surface area contributed by atoms with E-state index in [1.807, 2.05) is 13.8 Å². The first-order chi connectivity index (χ1) is 5.65. The molecule has 3 heteroatoms. The van der Waals surface area contributed by atoms with Crippen molar-refractivity contribution < 1.29 is 9.53 Å². The fraction of sp³-hybridized carbons (Fsp3) is 0.333. The summed E-state index contributed by atoms with van der Waals surface area (Å²) in [5, 5.41) is 0. The van der Waals surface area contributed by atoms with Crippen LogP contribution in [-0.4, -0.2) is 18.1 Å². The van der Waals surface area contributed by atoms with Crippen LogP contribution >= 0.6 is 0 Å². The molecule has 0 atom stereocenters. The molecule has 0 saturated heterocycles. The van der Waals surface area contributed by atoms with E-state index in [2.05, 4.69) is 9.72 Å². The van der Waals surface area contributed by atoms with E-state index in [1.165, 1.54) is 7.11 Å². The molecule has 1 aromatic rings. The Kier molecular flexibility index (Phi) is 2.43. The molecular weight excluding hydrogens is 154 g/mol. The predicted octanol–water partition coefficient (Wildman–Crippen LogP) is 1.49. The molecule has 0 amide bonds. The van der Waals surface area contributed by atoms with Crippen LogP contribution < -0.4 is 0 Å². The third-order valence-electron chi connectivity index (χ3n) is 1.77. The van der Waals surface area contributed by atoms with Crippen LogP contribution in [0.1, 0.15) is 21.6 Å². The van der Waals surface area contributed by atoms with Crippen molar-refractivity contribution in [2.45, 2.75) is 13.8 Å². The molecule has 0 aliphatic rings. The van der Waals surface area contributed by atoms with Gasteiger partial charge in [-0.3, -0.25) is 0 Å². The van der Waals surface area contributed by atoms with E-state index < -0.39 is 5.97 Å². The summed E-state index contributed by atoms with van der Waals surface area (Å²) in [7, 11) is 1.35. The van der Waals surface area contributed by atoms with E-state index in [-0.39, 0.29) is 0 Å². The van der Waals surface area contributed by atoms with Crippen molar-refractivity contribution in [1.29, 1.82) is 0 Å². The molecule has 64 valence electrons. The fourth-order valence-electron chi connectivity index (χ4n) is 0.841. The lowest BCUT2D eigenvalue weighted by Crippen LogP contribution is -2.04. The van der Waals surface area contributed by atoms with E-state index in [4.69, 9.17) is 0 Å². The largest absolute Gasteiger partial charge is 0.464 e. The van der Waals surface area contributed by atoms with Crippen LogP contribution in [0.2, 0.25) is 0 Å². The van der Waals surface area contributed by atoms with Crippen molar-refractivity contribution >= 4 is 5.97 Å². The number of pyridine rings is 1. The molecule has 0 aromatic carbocycles. The van der Waals surface area contributed by atoms with Gasteiger partial charge in [0, 0.05) is 6.20 Å². The van der Waals surface area contributed by atoms with Gasteiger partial charge < -0.3 is 4.74 Å². The average molecular weight is 165 g/mol. The van der Waals surface area contributed by atoms with Crippen molar-refractivity contribution in [3.05, 3.63) is 29.1 Å². The normalized spacial score (nSPS) is 9.58. The Morgan fingerprint density at radius 1 is 1.42 bits per heavy atom. The summed E-state index contributed by atoms with van der Waals surface area (Å²) < 4.78 is 4.53. The highest BCUT2D eigenvalue weighted by Crippen LogP contribution is 2.06. The predicted molar refractivity (Wildman–Crippen MR) is 45.1 cm³/mol. The van der Waals surface area contributed by atoms with Gasteiger partial charge in [-0.05, 0) is 31.0 Å². The van der Waals surface area contributed by atoms with Crippen molar-refractivity contribution in [3.8, 4) is 0 Å². The van der Waals surface area contributed by atoms with Gasteiger partial charge in [-0.2, -0.15) is 0 Å². The zero-order valence-corrected chi connectivity index (χ0v) is 7.42. The standard InChI is InChI=1S/C9H11NO2/c1-6-4-8(9(11)12-3)10-5-7(6)2/h4-5H,1-3H3. The van der Waals surface area contributed by atoms with Crippen molar-refractivity contribution in [1.82, 2.24) is 4.98 Å². The molecule has 3 nitrogen and oxygen atoms in total. The van der Waals surface area contributed by atoms with Gasteiger partial charge in [-0.1, -0.05) is 0 Å². The van der Waals surface area contributed by atoms with E-state index in [1.54, 1.807) is 12.3 Å². The Morgan fingerprint density at radius 2 is 2.08 bits per heavy atom. The van der Waals surface area contributed by atoms with Gasteiger partial charge in [0.2, 0.25) is 0 Å². The van der Waals surface area contributed by atoms with Crippen LogP contribution in [0, 0.1) is 13.8 Å². The molecule has 1 heterocycles. The Balaban J connectivity index is 3.05. The van der Waals surface area contributed by atoms with Crippen LogP contribution in [0.25, 0.3) is 0 Å². The molecule has 0 aliphatic carbocycles. The monoisotopic (exact) mass is 165 g/mol. The van der Waals surface area contributed by atoms with E-state index in [0.29, 0.717) is 5.69 Å². The highest BCUT2D eigenvalue weighted by molar-refractivity contribution is 5.87. The van der Waals surface area contributed by atoms with Gasteiger partial charge in [0.1, 0.15) is 5.69 Å². The Hall–Kier alpha value is -1.38. The number of ether oxygens (including phenoxy) is 1. The number of rotatable bonds is 1. The number of carbonyl (C=O) groups excluding carboxylic acids is 1. The Morgan fingerprint density at radius 3 is 2.58 bits per heavy atom. The maximum absolute atomic E-state index is 11.0. The molecule has 0 aliphatic heterocycles. The maximum atomic E-state index is 11.0. The summed E-state index contributed by atoms with van der Waals surface area (Å²) in [6.45, 7) is 3.88. The van der Waals surface area contributed by atoms with E-state index in [9.17, 15) is 4.79 Å². The number of nitrogens with zero attached hydrogens (tertiary/aromatic N) is 1. The van der Waals surface area contributed by atoms with Crippen molar-refractivity contribution in [2.24, 2.45) is 0 Å². The molecule has 0 saturated carbocycles. The first kappa shape index (κ1) is 8.71. The molecule has 0 bridgehead atoms. The lowest BCUT2D eigenvalue weighted by Gasteiger charge is -2.01. The van der Waals surface area contributed by atoms with Gasteiger partial charge in [0.15, 0.2) is 0 Å². The molecule has 0 fully saturated rings. The number of carbonyl (C=O) groups is 1. The van der Waals surface area contributed by atoms with Gasteiger partial charge in [0.25, 0.3) is 0 Å². The number of hydrogen-bond donors (Lipinski definition) is 0. The maximum Gasteiger partial charge on any atom is 0.356 e. The molecule has 0 radical (unpaired) electrons. The molecule has 1 aromatic heterocycles. The van der Waals surface area contributed by atoms with Crippen LogP contribution in [0.3, 0.4) is 0 Å². The van der Waals surface area contributed by atoms with Crippen LogP contribution in [0.15, 0.2) is 12.3 Å². The number of aryl methyl sites for hydroxylation is 2. The van der Waals surface area contributed by atoms with Gasteiger partial charge in [0.05, 0.1) is 7.11 Å². The highest BCUT2D eigenvalue weighted by atomic mass is 16.5. The summed E-state index contributed by atoms with van der Waals surface area (Å²) in [5.74, 6) is -0.391. The number of hydrogen-bond acceptors (Lipinski definition) is 3. The summed E-state index contributed by atoms with van der Waals surface area (Å²) >= 11 is 0. The smallest absolute Gasteiger partial charge is 0.356 e. The second-order valence-electron chi connectivity index (χ2n) is 2.65. The molecule has 12 heavy (non-hydrogen) atoms. The quantitative estimate of drug-likeness (QED) is 0.592. The van der Waals surface area contributed by atoms with Crippen LogP contribution in [0.4, 0.5) is 0 Å². The lowest BCUT2D eigenvalue weighted by molar-refractivity contribution is 0.0594. The minimum absolute atomic E-state index is 0.362. The van der Waals surface area contributed by atoms with Gasteiger partial charge in [-0.15, -0.1) is 0 Å². The first-order valence-electron chi connectivity index (χ1n) is 3.66. The summed E-state index contributed by atoms with van der Waals surface area (Å²) in [4.78, 5) is 14.9. The van der Waals surface area contributed by atoms with E-state index in [0.717, 1.165) is 11.1 Å². The van der Waals surface area contributed by atoms with Crippen molar-refractivity contribution in [2.75, 3.05) is 7.11 Å². The summed E-state index contributed by atoms with van der Waals surface area (Å²) in [6.07, 6.45) is 1.67. The van der Waals surface area contributed by atoms with Gasteiger partial charge >= 0.3 is 5.97 Å². The molecule has 1 rings (SSSR count). The number of aromatic nitrogens is 1. The second kappa shape index (κ2) is 3.34. The molecule has 0 unspecified atom stereocenters. The topological polar surface area (TPSA) is 39.2 Å². The fourth-order valence-corrected chi connectivity index (χ4v) is 0.841. The Labute approximate surface area is 71.4 Å². The molecule has 0 N–H and O–H groups in total. The summed E-state index contributed by atoms with van der Waals surface area (Å²) in [6, 6.07) is 1.72. The Bertz CT molecular complexity index is 307. The zero-order valence-electron chi connectivity index (χ0n) is 7.42. The summed E-state index contributed by atoms with van der Waals surface area (Å²) in [5.41, 5.74) is 2.48. The zero-order chi connectivity index (χ0) is 9.14.